The van der Waals surface area contributed by atoms with E-state index in [1.54, 1.807) is 65.2 Å². The molecular formula is C43H35Cl4LiMgN6O2. The molecule has 0 saturated carbocycles. The zero-order valence-electron chi connectivity index (χ0n) is 31.5. The number of imidazole rings is 2. The van der Waals surface area contributed by atoms with Crippen LogP contribution in [0.2, 0.25) is 10.0 Å². The van der Waals surface area contributed by atoms with Crippen LogP contribution < -0.4 is 43.7 Å². The summed E-state index contributed by atoms with van der Waals surface area (Å²) in [6, 6.07) is 36.4. The second-order valence-corrected chi connectivity index (χ2v) is 11.9. The van der Waals surface area contributed by atoms with Crippen LogP contribution in [0.15, 0.2) is 134 Å². The van der Waals surface area contributed by atoms with Crippen molar-refractivity contribution in [1.82, 2.24) is 19.1 Å². The molecule has 0 aliphatic carbocycles. The normalized spacial score (nSPS) is 9.86. The number of nitriles is 2. The Labute approximate surface area is 385 Å². The molecule has 280 valence electrons. The standard InChI is InChI=1S/C20H14ClN3O.C12H9N3O.C8H5Cl.C3H7.2ClH.Li.Mg/c21-18-8-6-16(7-9-18)10-11-20(25,17-4-2-1-3-5-17)14-24-15-23-13-19(24)12-22;13-6-11-7-14-9-15(11)8-12(16)10-4-2-1-3-5-10;1-2-7-3-5-8(9)6-4-7;1-3-2;;;;/h1-9,13,15,25H,14H2;1-5,7,9H,8H2;1,3-6H;3H,1-2H3;2*1H;;/q;;;-1;;;+1;+2/p-2. The van der Waals surface area contributed by atoms with E-state index in [4.69, 9.17) is 40.1 Å². The number of terminal acetylenes is 1. The molecule has 0 bridgehead atoms. The fraction of sp³-hybridized carbons (Fsp3) is 0.116. The van der Waals surface area contributed by atoms with E-state index in [1.807, 2.05) is 74.9 Å². The molecule has 8 nitrogen and oxygen atoms in total. The van der Waals surface area contributed by atoms with Gasteiger partial charge in [-0.05, 0) is 54.1 Å². The third-order valence-corrected chi connectivity index (χ3v) is 7.49. The molecular weight excluding hydrogens is 806 g/mol. The van der Waals surface area contributed by atoms with Gasteiger partial charge >= 0.3 is 41.9 Å². The van der Waals surface area contributed by atoms with Gasteiger partial charge in [-0.15, -0.1) is 6.42 Å². The molecule has 1 unspecified atom stereocenters. The average molecular weight is 841 g/mol. The van der Waals surface area contributed by atoms with Crippen LogP contribution in [0.1, 0.15) is 52.3 Å². The van der Waals surface area contributed by atoms with Crippen molar-refractivity contribution in [2.75, 3.05) is 0 Å². The number of carbonyl (C=O) groups excluding carboxylic acids is 1. The molecule has 57 heavy (non-hydrogen) atoms. The number of rotatable bonds is 6. The quantitative estimate of drug-likeness (QED) is 0.101. The molecule has 0 fully saturated rings. The summed E-state index contributed by atoms with van der Waals surface area (Å²) in [7, 11) is 0. The van der Waals surface area contributed by atoms with Crippen molar-refractivity contribution in [3.8, 4) is 36.3 Å². The predicted molar refractivity (Wildman–Crippen MR) is 214 cm³/mol. The third kappa shape index (κ3) is 18.6. The smallest absolute Gasteiger partial charge is 1.00 e. The van der Waals surface area contributed by atoms with E-state index in [9.17, 15) is 9.90 Å². The summed E-state index contributed by atoms with van der Waals surface area (Å²) < 4.78 is 3.12. The summed E-state index contributed by atoms with van der Waals surface area (Å²) in [5.41, 5.74) is 2.18. The van der Waals surface area contributed by atoms with Gasteiger partial charge in [0.25, 0.3) is 0 Å². The number of hydrogen-bond donors (Lipinski definition) is 1. The summed E-state index contributed by atoms with van der Waals surface area (Å²) >= 11 is 11.5. The molecule has 2 heterocycles. The molecule has 6 rings (SSSR count). The number of benzene rings is 4. The summed E-state index contributed by atoms with van der Waals surface area (Å²) in [5, 5.41) is 30.5. The number of carbonyl (C=O) groups is 1. The minimum Gasteiger partial charge on any atom is -1.00 e. The van der Waals surface area contributed by atoms with Gasteiger partial charge in [-0.25, -0.2) is 9.97 Å². The van der Waals surface area contributed by atoms with Crippen molar-refractivity contribution >= 4 is 52.0 Å². The number of halogens is 4. The minimum atomic E-state index is -1.47. The molecule has 1 atom stereocenters. The van der Waals surface area contributed by atoms with Gasteiger partial charge in [0.2, 0.25) is 0 Å². The largest absolute Gasteiger partial charge is 2.00 e. The van der Waals surface area contributed by atoms with E-state index < -0.39 is 5.60 Å². The number of ketones is 1. The van der Waals surface area contributed by atoms with E-state index >= 15 is 0 Å². The summed E-state index contributed by atoms with van der Waals surface area (Å²) in [4.78, 5) is 19.6. The summed E-state index contributed by atoms with van der Waals surface area (Å²) in [5.74, 6) is 8.39. The van der Waals surface area contributed by atoms with E-state index in [1.165, 1.54) is 29.6 Å². The Morgan fingerprint density at radius 1 is 0.772 bits per heavy atom. The molecule has 0 radical (unpaired) electrons. The van der Waals surface area contributed by atoms with Gasteiger partial charge in [-0.3, -0.25) is 4.79 Å². The molecule has 14 heteroatoms. The first-order chi connectivity index (χ1) is 25.7. The first-order valence-electron chi connectivity index (χ1n) is 16.1. The Morgan fingerprint density at radius 3 is 1.68 bits per heavy atom. The Balaban J connectivity index is 0. The maximum atomic E-state index is 11.8. The van der Waals surface area contributed by atoms with Crippen LogP contribution in [-0.2, 0) is 18.7 Å². The topological polar surface area (TPSA) is 121 Å². The van der Waals surface area contributed by atoms with Gasteiger partial charge < -0.3 is 45.5 Å². The maximum absolute atomic E-state index is 11.8. The van der Waals surface area contributed by atoms with Crippen LogP contribution in [0.5, 0.6) is 0 Å². The Bertz CT molecular complexity index is 2240. The van der Waals surface area contributed by atoms with Gasteiger partial charge in [-0.1, -0.05) is 102 Å². The average Bonchev–Trinajstić information content (AvgIpc) is 3.85. The maximum Gasteiger partial charge on any atom is 2.00 e. The first kappa shape index (κ1) is 54.7. The Kier molecular flexibility index (Phi) is 28.5. The molecule has 6 aromatic rings. The zero-order valence-corrected chi connectivity index (χ0v) is 36.0. The van der Waals surface area contributed by atoms with Crippen LogP contribution in [0.4, 0.5) is 0 Å². The van der Waals surface area contributed by atoms with Gasteiger partial charge in [0.15, 0.2) is 11.4 Å². The fourth-order valence-electron chi connectivity index (χ4n) is 4.37. The van der Waals surface area contributed by atoms with Crippen molar-refractivity contribution in [3.63, 3.8) is 0 Å². The van der Waals surface area contributed by atoms with E-state index in [2.05, 4.69) is 33.8 Å². The monoisotopic (exact) mass is 838 g/mol. The Hall–Kier alpha value is -4.45. The molecule has 4 aromatic carbocycles. The number of Topliss-reactive ketones (excluding diaryl/α,β-unsaturated/α-hetero) is 1. The van der Waals surface area contributed by atoms with E-state index in [0.717, 1.165) is 11.1 Å². The van der Waals surface area contributed by atoms with Crippen LogP contribution in [0.25, 0.3) is 0 Å². The molecule has 0 spiro atoms. The van der Waals surface area contributed by atoms with E-state index in [0.29, 0.717) is 32.6 Å². The zero-order chi connectivity index (χ0) is 38.5. The first-order valence-corrected chi connectivity index (χ1v) is 16.8. The van der Waals surface area contributed by atoms with Crippen molar-refractivity contribution < 1.29 is 53.6 Å². The number of nitrogens with zero attached hydrogens (tertiary/aromatic N) is 6. The van der Waals surface area contributed by atoms with Crippen molar-refractivity contribution in [1.29, 1.82) is 10.5 Å². The van der Waals surface area contributed by atoms with Gasteiger partial charge in [0.05, 0.1) is 38.1 Å². The molecule has 0 amide bonds. The number of hydrogen-bond acceptors (Lipinski definition) is 6. The second-order valence-electron chi connectivity index (χ2n) is 11.0. The molecule has 0 aliphatic rings. The molecule has 2 aromatic heterocycles. The van der Waals surface area contributed by atoms with Crippen LogP contribution in [0.3, 0.4) is 0 Å². The van der Waals surface area contributed by atoms with Crippen LogP contribution >= 0.6 is 23.2 Å². The third-order valence-electron chi connectivity index (χ3n) is 6.98. The predicted octanol–water partition coefficient (Wildman–Crippen LogP) is -0.832. The summed E-state index contributed by atoms with van der Waals surface area (Å²) in [6.45, 7) is 4.24. The van der Waals surface area contributed by atoms with Gasteiger partial charge in [-0.2, -0.15) is 24.4 Å². The Morgan fingerprint density at radius 2 is 1.21 bits per heavy atom. The van der Waals surface area contributed by atoms with Crippen molar-refractivity contribution in [3.05, 3.63) is 184 Å². The summed E-state index contributed by atoms with van der Waals surface area (Å²) in [6.07, 6.45) is 13.0. The second kappa shape index (κ2) is 29.7. The molecule has 0 saturated heterocycles. The van der Waals surface area contributed by atoms with E-state index in [-0.39, 0.29) is 85.6 Å². The fourth-order valence-corrected chi connectivity index (χ4v) is 4.62. The SMILES string of the molecule is C#Cc1ccc(Cl)cc1.C[CH-]C.N#Cc1cncn1CC(=O)c1ccccc1.N#Cc1cncn1CC(O)(C#Cc1ccc(Cl)cc1)c1ccccc1.[Cl-].[Cl-].[Li+].[Mg+2]. The molecule has 0 aliphatic heterocycles. The van der Waals surface area contributed by atoms with Crippen LogP contribution in [-0.4, -0.2) is 53.0 Å². The van der Waals surface area contributed by atoms with Crippen LogP contribution in [0, 0.1) is 53.3 Å². The molecule has 1 N–H and O–H groups in total. The van der Waals surface area contributed by atoms with Crippen molar-refractivity contribution in [2.24, 2.45) is 0 Å². The van der Waals surface area contributed by atoms with Gasteiger partial charge in [0, 0.05) is 26.7 Å². The number of aromatic nitrogens is 4. The van der Waals surface area contributed by atoms with Gasteiger partial charge in [0.1, 0.15) is 23.5 Å². The number of aliphatic hydroxyl groups is 1. The minimum absolute atomic E-state index is 0. The van der Waals surface area contributed by atoms with Crippen molar-refractivity contribution in [2.45, 2.75) is 32.5 Å².